The average molecular weight is 493 g/mol. The number of anilines is 2. The Morgan fingerprint density at radius 3 is 1.26 bits per heavy atom. The SMILES string of the molecule is C[Si](C)(C)O[Si](C)(C)O[Si](C)(C)O[Si](C)(C)C(c1ccc(N)cc1)c1ccc(N)cc1. The summed E-state index contributed by atoms with van der Waals surface area (Å²) in [6.45, 7) is 19.7. The minimum Gasteiger partial charge on any atom is -0.437 e. The van der Waals surface area contributed by atoms with Crippen molar-refractivity contribution in [2.45, 2.75) is 64.5 Å². The van der Waals surface area contributed by atoms with Gasteiger partial charge in [-0.15, -0.1) is 0 Å². The van der Waals surface area contributed by atoms with E-state index < -0.39 is 33.8 Å². The van der Waals surface area contributed by atoms with Crippen LogP contribution in [0.15, 0.2) is 48.5 Å². The van der Waals surface area contributed by atoms with Crippen molar-refractivity contribution in [2.24, 2.45) is 0 Å². The molecular weight excluding hydrogens is 453 g/mol. The number of hydrogen-bond donors (Lipinski definition) is 2. The van der Waals surface area contributed by atoms with Crippen molar-refractivity contribution in [3.8, 4) is 0 Å². The Morgan fingerprint density at radius 1 is 0.548 bits per heavy atom. The van der Waals surface area contributed by atoms with E-state index in [9.17, 15) is 0 Å². The summed E-state index contributed by atoms with van der Waals surface area (Å²) < 4.78 is 20.1. The molecule has 2 aromatic rings. The molecule has 0 atom stereocenters. The van der Waals surface area contributed by atoms with Gasteiger partial charge in [-0.3, -0.25) is 0 Å². The van der Waals surface area contributed by atoms with Crippen molar-refractivity contribution in [1.82, 2.24) is 0 Å². The molecule has 0 spiro atoms. The average Bonchev–Trinajstić information content (AvgIpc) is 2.54. The van der Waals surface area contributed by atoms with Crippen molar-refractivity contribution in [1.29, 1.82) is 0 Å². The highest BCUT2D eigenvalue weighted by molar-refractivity contribution is 6.89. The zero-order valence-corrected chi connectivity index (χ0v) is 24.6. The van der Waals surface area contributed by atoms with E-state index in [2.05, 4.69) is 83.2 Å². The fourth-order valence-corrected chi connectivity index (χ4v) is 23.7. The van der Waals surface area contributed by atoms with Crippen LogP contribution in [-0.2, 0) is 12.3 Å². The van der Waals surface area contributed by atoms with Gasteiger partial charge >= 0.3 is 17.1 Å². The Hall–Kier alpha value is -1.21. The topological polar surface area (TPSA) is 79.7 Å². The Bertz CT molecular complexity index is 818. The van der Waals surface area contributed by atoms with E-state index in [1.54, 1.807) is 0 Å². The highest BCUT2D eigenvalue weighted by atomic mass is 28.5. The molecule has 0 fully saturated rings. The fourth-order valence-electron chi connectivity index (χ4n) is 4.44. The minimum atomic E-state index is -2.45. The van der Waals surface area contributed by atoms with Crippen LogP contribution < -0.4 is 11.5 Å². The van der Waals surface area contributed by atoms with Crippen LogP contribution in [0.4, 0.5) is 11.4 Å². The summed E-state index contributed by atoms with van der Waals surface area (Å²) >= 11 is 0. The van der Waals surface area contributed by atoms with Crippen LogP contribution in [0, 0.1) is 0 Å². The van der Waals surface area contributed by atoms with Gasteiger partial charge < -0.3 is 23.8 Å². The molecule has 0 aliphatic rings. The number of hydrogen-bond acceptors (Lipinski definition) is 5. The fraction of sp³-hybridized carbons (Fsp3) is 0.455. The highest BCUT2D eigenvalue weighted by Crippen LogP contribution is 2.37. The van der Waals surface area contributed by atoms with Gasteiger partial charge in [-0.05, 0) is 94.3 Å². The van der Waals surface area contributed by atoms with Gasteiger partial charge in [0, 0.05) is 16.9 Å². The molecule has 0 radical (unpaired) electrons. The van der Waals surface area contributed by atoms with Gasteiger partial charge in [-0.1, -0.05) is 24.3 Å². The maximum absolute atomic E-state index is 6.97. The summed E-state index contributed by atoms with van der Waals surface area (Å²) in [5.74, 6) is 0. The van der Waals surface area contributed by atoms with E-state index in [4.69, 9.17) is 23.8 Å². The first kappa shape index (κ1) is 26.0. The third-order valence-electron chi connectivity index (χ3n) is 4.79. The van der Waals surface area contributed by atoms with Crippen molar-refractivity contribution in [2.75, 3.05) is 11.5 Å². The maximum atomic E-state index is 6.97. The molecule has 0 saturated carbocycles. The summed E-state index contributed by atoms with van der Waals surface area (Å²) in [4.78, 5) is 0. The number of rotatable bonds is 9. The summed E-state index contributed by atoms with van der Waals surface area (Å²) in [6, 6.07) is 16.3. The van der Waals surface area contributed by atoms with Gasteiger partial charge in [0.2, 0.25) is 0 Å². The second kappa shape index (κ2) is 9.34. The van der Waals surface area contributed by atoms with Crippen molar-refractivity contribution in [3.63, 3.8) is 0 Å². The summed E-state index contributed by atoms with van der Waals surface area (Å²) in [5.41, 5.74) is 16.0. The van der Waals surface area contributed by atoms with Gasteiger partial charge in [-0.25, -0.2) is 0 Å². The molecule has 2 rings (SSSR count). The third kappa shape index (κ3) is 8.01. The molecule has 0 amide bonds. The summed E-state index contributed by atoms with van der Waals surface area (Å²) in [6.07, 6.45) is 0. The molecule has 4 N–H and O–H groups in total. The molecule has 0 bridgehead atoms. The lowest BCUT2D eigenvalue weighted by atomic mass is 10.0. The molecule has 0 saturated heterocycles. The number of nitrogen functional groups attached to an aromatic ring is 2. The number of nitrogens with two attached hydrogens (primary N) is 2. The van der Waals surface area contributed by atoms with Crippen LogP contribution in [0.2, 0.25) is 58.9 Å². The second-order valence-electron chi connectivity index (χ2n) is 10.6. The number of benzene rings is 2. The van der Waals surface area contributed by atoms with Crippen molar-refractivity contribution in [3.05, 3.63) is 59.7 Å². The molecule has 0 aliphatic heterocycles. The van der Waals surface area contributed by atoms with Gasteiger partial charge in [0.1, 0.15) is 0 Å². The molecule has 0 aromatic heterocycles. The Labute approximate surface area is 192 Å². The van der Waals surface area contributed by atoms with E-state index in [1.165, 1.54) is 11.1 Å². The molecule has 172 valence electrons. The molecule has 0 unspecified atom stereocenters. The van der Waals surface area contributed by atoms with Crippen LogP contribution in [0.5, 0.6) is 0 Å². The van der Waals surface area contributed by atoms with E-state index in [0.29, 0.717) is 0 Å². The largest absolute Gasteiger partial charge is 0.437 e. The predicted octanol–water partition coefficient (Wildman–Crippen LogP) is 6.02. The molecule has 2 aromatic carbocycles. The smallest absolute Gasteiger partial charge is 0.312 e. The van der Waals surface area contributed by atoms with Crippen LogP contribution >= 0.6 is 0 Å². The van der Waals surface area contributed by atoms with Crippen LogP contribution in [0.25, 0.3) is 0 Å². The first-order chi connectivity index (χ1) is 14.0. The molecule has 0 aliphatic carbocycles. The van der Waals surface area contributed by atoms with Crippen molar-refractivity contribution >= 4 is 45.1 Å². The molecule has 5 nitrogen and oxygen atoms in total. The lowest BCUT2D eigenvalue weighted by Gasteiger charge is -2.43. The first-order valence-corrected chi connectivity index (χ1v) is 22.8. The summed E-state index contributed by atoms with van der Waals surface area (Å²) in [7, 11) is -8.76. The second-order valence-corrected chi connectivity index (χ2v) is 26.6. The van der Waals surface area contributed by atoms with E-state index in [1.807, 2.05) is 24.3 Å². The lowest BCUT2D eigenvalue weighted by Crippen LogP contribution is -2.57. The van der Waals surface area contributed by atoms with Crippen molar-refractivity contribution < 1.29 is 12.3 Å². The van der Waals surface area contributed by atoms with Gasteiger partial charge in [0.15, 0.2) is 16.6 Å². The normalized spacial score (nSPS) is 13.6. The monoisotopic (exact) mass is 492 g/mol. The zero-order valence-electron chi connectivity index (χ0n) is 20.6. The Kier molecular flexibility index (Phi) is 7.85. The van der Waals surface area contributed by atoms with E-state index in [0.717, 1.165) is 11.4 Å². The third-order valence-corrected chi connectivity index (χ3v) is 19.3. The molecular formula is C22H40N2O3Si4. The summed E-state index contributed by atoms with van der Waals surface area (Å²) in [5, 5.41) is 0. The molecule has 9 heteroatoms. The molecule has 0 heterocycles. The maximum Gasteiger partial charge on any atom is 0.312 e. The van der Waals surface area contributed by atoms with Crippen LogP contribution in [0.1, 0.15) is 16.7 Å². The van der Waals surface area contributed by atoms with Crippen LogP contribution in [0.3, 0.4) is 0 Å². The first-order valence-electron chi connectivity index (χ1n) is 10.8. The zero-order chi connectivity index (χ0) is 23.7. The Balaban J connectivity index is 2.38. The van der Waals surface area contributed by atoms with E-state index >= 15 is 0 Å². The van der Waals surface area contributed by atoms with E-state index in [-0.39, 0.29) is 5.54 Å². The lowest BCUT2D eigenvalue weighted by molar-refractivity contribution is 0.328. The standard InChI is InChI=1S/C22H40N2O3Si4/c1-28(2,3)25-30(6,7)27-31(8,9)26-29(4,5)22(18-10-14-20(23)15-11-18)19-12-16-21(24)17-13-19/h10-17,22H,23-24H2,1-9H3. The highest BCUT2D eigenvalue weighted by Gasteiger charge is 2.45. The Morgan fingerprint density at radius 2 is 0.903 bits per heavy atom. The predicted molar refractivity (Wildman–Crippen MR) is 143 cm³/mol. The van der Waals surface area contributed by atoms with Gasteiger partial charge in [0.25, 0.3) is 0 Å². The van der Waals surface area contributed by atoms with Gasteiger partial charge in [-0.2, -0.15) is 0 Å². The van der Waals surface area contributed by atoms with Gasteiger partial charge in [0.05, 0.1) is 0 Å². The minimum absolute atomic E-state index is 0.131. The van der Waals surface area contributed by atoms with Crippen LogP contribution in [-0.4, -0.2) is 33.8 Å². The molecule has 31 heavy (non-hydrogen) atoms. The quantitative estimate of drug-likeness (QED) is 0.331.